The summed E-state index contributed by atoms with van der Waals surface area (Å²) in [5.41, 5.74) is -0.595. The molecule has 0 N–H and O–H groups in total. The number of rotatable bonds is 2. The summed E-state index contributed by atoms with van der Waals surface area (Å²) in [5, 5.41) is 23.2. The third-order valence-corrected chi connectivity index (χ3v) is 2.36. The Kier molecular flexibility index (Phi) is 14.2. The first-order valence-corrected chi connectivity index (χ1v) is 4.87. The van der Waals surface area contributed by atoms with Gasteiger partial charge < -0.3 is 10.2 Å². The molecule has 0 spiro atoms. The first kappa shape index (κ1) is 23.3. The van der Waals surface area contributed by atoms with Crippen molar-refractivity contribution in [2.24, 2.45) is 10.8 Å². The fourth-order valence-corrected chi connectivity index (χ4v) is 0.902. The minimum atomic E-state index is -0.755. The largest absolute Gasteiger partial charge is 1.00 e. The van der Waals surface area contributed by atoms with Crippen molar-refractivity contribution >= 4 is 0 Å². The SMILES string of the molecule is CC(C)(C)C([O-])CC([O-])C(C)(C)C.[K+].[K+]. The van der Waals surface area contributed by atoms with E-state index in [2.05, 4.69) is 0 Å². The average molecular weight is 264 g/mol. The van der Waals surface area contributed by atoms with Crippen LogP contribution in [0.4, 0.5) is 0 Å². The molecule has 0 fully saturated rings. The van der Waals surface area contributed by atoms with E-state index in [-0.39, 0.29) is 120 Å². The first-order chi connectivity index (χ1) is 5.55. The Balaban J connectivity index is -0.000000720. The molecule has 15 heavy (non-hydrogen) atoms. The summed E-state index contributed by atoms with van der Waals surface area (Å²) in [6.45, 7) is 11.3. The maximum Gasteiger partial charge on any atom is 1.00 e. The molecule has 80 valence electrons. The van der Waals surface area contributed by atoms with Crippen molar-refractivity contribution < 1.29 is 113 Å². The van der Waals surface area contributed by atoms with Crippen molar-refractivity contribution in [1.82, 2.24) is 0 Å². The van der Waals surface area contributed by atoms with Gasteiger partial charge in [-0.3, -0.25) is 0 Å². The van der Waals surface area contributed by atoms with Gasteiger partial charge in [-0.25, -0.2) is 0 Å². The van der Waals surface area contributed by atoms with Gasteiger partial charge in [0.25, 0.3) is 0 Å². The monoisotopic (exact) mass is 264 g/mol. The third-order valence-electron chi connectivity index (χ3n) is 2.36. The molecule has 0 saturated carbocycles. The van der Waals surface area contributed by atoms with Gasteiger partial charge in [-0.05, 0) is 0 Å². The summed E-state index contributed by atoms with van der Waals surface area (Å²) in [6.07, 6.45) is -1.28. The van der Waals surface area contributed by atoms with Crippen LogP contribution in [0, 0.1) is 10.8 Å². The normalized spacial score (nSPS) is 16.0. The maximum absolute atomic E-state index is 11.6. The van der Waals surface area contributed by atoms with Crippen LogP contribution in [-0.4, -0.2) is 12.2 Å². The Morgan fingerprint density at radius 3 is 1.07 bits per heavy atom. The van der Waals surface area contributed by atoms with E-state index in [4.69, 9.17) is 0 Å². The molecule has 4 heteroatoms. The van der Waals surface area contributed by atoms with Crippen molar-refractivity contribution in [2.45, 2.75) is 60.2 Å². The average Bonchev–Trinajstić information content (AvgIpc) is 1.82. The van der Waals surface area contributed by atoms with Gasteiger partial charge in [-0.2, -0.15) is 0 Å². The zero-order valence-electron chi connectivity index (χ0n) is 11.7. The van der Waals surface area contributed by atoms with Crippen LogP contribution in [0.3, 0.4) is 0 Å². The number of hydrogen-bond donors (Lipinski definition) is 0. The van der Waals surface area contributed by atoms with Gasteiger partial charge in [0.15, 0.2) is 0 Å². The molecular weight excluding hydrogens is 242 g/mol. The van der Waals surface area contributed by atoms with Crippen LogP contribution in [0.5, 0.6) is 0 Å². The Morgan fingerprint density at radius 1 is 0.733 bits per heavy atom. The summed E-state index contributed by atoms with van der Waals surface area (Å²) in [5.74, 6) is 0. The molecule has 2 atom stereocenters. The van der Waals surface area contributed by atoms with Gasteiger partial charge in [0.1, 0.15) is 0 Å². The molecule has 0 bridgehead atoms. The summed E-state index contributed by atoms with van der Waals surface area (Å²) in [6, 6.07) is 0. The van der Waals surface area contributed by atoms with E-state index in [1.54, 1.807) is 0 Å². The van der Waals surface area contributed by atoms with Crippen molar-refractivity contribution in [3.05, 3.63) is 0 Å². The molecule has 0 aliphatic rings. The second kappa shape index (κ2) is 9.15. The van der Waals surface area contributed by atoms with Gasteiger partial charge in [0.05, 0.1) is 0 Å². The summed E-state index contributed by atoms with van der Waals surface area (Å²) >= 11 is 0. The van der Waals surface area contributed by atoms with E-state index >= 15 is 0 Å². The molecule has 0 aliphatic heterocycles. The minimum Gasteiger partial charge on any atom is -0.852 e. The molecule has 0 aromatic rings. The molecule has 0 aromatic carbocycles. The quantitative estimate of drug-likeness (QED) is 0.469. The molecule has 0 radical (unpaired) electrons. The second-order valence-electron chi connectivity index (χ2n) is 5.95. The zero-order chi connectivity index (χ0) is 10.9. The first-order valence-electron chi connectivity index (χ1n) is 4.87. The number of hydrogen-bond acceptors (Lipinski definition) is 2. The smallest absolute Gasteiger partial charge is 0.852 e. The van der Waals surface area contributed by atoms with E-state index in [0.717, 1.165) is 0 Å². The molecule has 0 aliphatic carbocycles. The topological polar surface area (TPSA) is 46.1 Å². The second-order valence-corrected chi connectivity index (χ2v) is 5.95. The fourth-order valence-electron chi connectivity index (χ4n) is 0.902. The van der Waals surface area contributed by atoms with Crippen LogP contribution < -0.4 is 113 Å². The van der Waals surface area contributed by atoms with Crippen molar-refractivity contribution in [2.75, 3.05) is 0 Å². The predicted molar refractivity (Wildman–Crippen MR) is 51.1 cm³/mol. The molecule has 0 heterocycles. The third kappa shape index (κ3) is 10.8. The molecule has 0 saturated heterocycles. The zero-order valence-corrected chi connectivity index (χ0v) is 17.9. The molecular formula is C11H22K2O2. The minimum absolute atomic E-state index is 0. The van der Waals surface area contributed by atoms with Gasteiger partial charge in [0.2, 0.25) is 0 Å². The summed E-state index contributed by atoms with van der Waals surface area (Å²) in [4.78, 5) is 0. The van der Waals surface area contributed by atoms with E-state index in [1.807, 2.05) is 41.5 Å². The molecule has 0 aromatic heterocycles. The molecule has 0 rings (SSSR count). The molecule has 0 amide bonds. The Labute approximate surface area is 180 Å². The summed E-state index contributed by atoms with van der Waals surface area (Å²) in [7, 11) is 0. The van der Waals surface area contributed by atoms with Crippen LogP contribution in [0.25, 0.3) is 0 Å². The van der Waals surface area contributed by atoms with Crippen LogP contribution in [0.2, 0.25) is 0 Å². The van der Waals surface area contributed by atoms with Gasteiger partial charge in [-0.1, -0.05) is 58.8 Å². The van der Waals surface area contributed by atoms with Crippen molar-refractivity contribution in [1.29, 1.82) is 0 Å². The van der Waals surface area contributed by atoms with Crippen LogP contribution in [0.15, 0.2) is 0 Å². The Hall–Kier alpha value is 3.19. The van der Waals surface area contributed by atoms with E-state index in [1.165, 1.54) is 0 Å². The van der Waals surface area contributed by atoms with Crippen LogP contribution >= 0.6 is 0 Å². The standard InChI is InChI=1S/C11H22O2.2K/c1-10(2,3)8(12)7-9(13)11(4,5)6;;/h8-9H,7H2,1-6H3;;/q-2;2*+1. The van der Waals surface area contributed by atoms with E-state index < -0.39 is 12.2 Å². The van der Waals surface area contributed by atoms with Crippen LogP contribution in [0.1, 0.15) is 48.0 Å². The molecule has 2 nitrogen and oxygen atoms in total. The summed E-state index contributed by atoms with van der Waals surface area (Å²) < 4.78 is 0. The Morgan fingerprint density at radius 2 is 0.933 bits per heavy atom. The Bertz CT molecular complexity index is 141. The maximum atomic E-state index is 11.6. The molecule has 2 unspecified atom stereocenters. The van der Waals surface area contributed by atoms with Crippen molar-refractivity contribution in [3.63, 3.8) is 0 Å². The van der Waals surface area contributed by atoms with Gasteiger partial charge >= 0.3 is 103 Å². The fraction of sp³-hybridized carbons (Fsp3) is 1.00. The van der Waals surface area contributed by atoms with Crippen LogP contribution in [-0.2, 0) is 0 Å². The van der Waals surface area contributed by atoms with Gasteiger partial charge in [-0.15, -0.1) is 12.2 Å². The van der Waals surface area contributed by atoms with E-state index in [9.17, 15) is 10.2 Å². The predicted octanol–water partition coefficient (Wildman–Crippen LogP) is -5.07. The van der Waals surface area contributed by atoms with Gasteiger partial charge in [0, 0.05) is 0 Å². The van der Waals surface area contributed by atoms with E-state index in [0.29, 0.717) is 0 Å². The van der Waals surface area contributed by atoms with Crippen molar-refractivity contribution in [3.8, 4) is 0 Å².